The molecule has 1 aromatic heterocycles. The minimum atomic E-state index is -3.92. The number of rotatable bonds is 6. The molecule has 0 unspecified atom stereocenters. The van der Waals surface area contributed by atoms with Gasteiger partial charge < -0.3 is 14.4 Å². The average Bonchev–Trinajstić information content (AvgIpc) is 2.93. The molecule has 192 valence electrons. The van der Waals surface area contributed by atoms with Crippen molar-refractivity contribution in [2.24, 2.45) is 5.92 Å². The molecule has 0 radical (unpaired) electrons. The van der Waals surface area contributed by atoms with Crippen molar-refractivity contribution in [3.63, 3.8) is 0 Å². The second-order valence-corrected chi connectivity index (χ2v) is 11.3. The highest BCUT2D eigenvalue weighted by molar-refractivity contribution is 7.89. The molecule has 0 aliphatic carbocycles. The van der Waals surface area contributed by atoms with Gasteiger partial charge in [-0.15, -0.1) is 0 Å². The van der Waals surface area contributed by atoms with E-state index < -0.39 is 10.0 Å². The van der Waals surface area contributed by atoms with Crippen molar-refractivity contribution in [2.75, 3.05) is 31.6 Å². The van der Waals surface area contributed by atoms with Gasteiger partial charge in [0.1, 0.15) is 17.6 Å². The Morgan fingerprint density at radius 1 is 1.03 bits per heavy atom. The largest absolute Gasteiger partial charge is 0.497 e. The number of fused-ring (bicyclic) bond motifs is 1. The zero-order chi connectivity index (χ0) is 26.0. The number of aromatic nitrogens is 2. The summed E-state index contributed by atoms with van der Waals surface area (Å²) in [4.78, 5) is 11.8. The molecule has 0 spiro atoms. The number of anilines is 1. The van der Waals surface area contributed by atoms with Crippen LogP contribution in [0.1, 0.15) is 36.6 Å². The Balaban J connectivity index is 1.53. The van der Waals surface area contributed by atoms with Gasteiger partial charge in [0.2, 0.25) is 21.9 Å². The Bertz CT molecular complexity index is 1450. The molecule has 1 fully saturated rings. The first kappa shape index (κ1) is 25.0. The third kappa shape index (κ3) is 5.10. The molecule has 2 aromatic carbocycles. The summed E-state index contributed by atoms with van der Waals surface area (Å²) >= 11 is 0. The van der Waals surface area contributed by atoms with Crippen molar-refractivity contribution in [3.8, 4) is 23.4 Å². The second-order valence-electron chi connectivity index (χ2n) is 9.40. The fourth-order valence-electron chi connectivity index (χ4n) is 4.69. The molecule has 0 amide bonds. The zero-order valence-electron chi connectivity index (χ0n) is 20.9. The van der Waals surface area contributed by atoms with Gasteiger partial charge in [0, 0.05) is 38.7 Å². The molecule has 3 heterocycles. The predicted octanol–water partition coefficient (Wildman–Crippen LogP) is 4.13. The van der Waals surface area contributed by atoms with Gasteiger partial charge in [-0.25, -0.2) is 13.4 Å². The van der Waals surface area contributed by atoms with E-state index in [9.17, 15) is 13.7 Å². The molecule has 2 aliphatic heterocycles. The van der Waals surface area contributed by atoms with Gasteiger partial charge >= 0.3 is 0 Å². The zero-order valence-corrected chi connectivity index (χ0v) is 21.7. The minimum absolute atomic E-state index is 0.00353. The van der Waals surface area contributed by atoms with Crippen LogP contribution in [0.3, 0.4) is 0 Å². The summed E-state index contributed by atoms with van der Waals surface area (Å²) in [6, 6.07) is 15.5. The monoisotopic (exact) mass is 519 g/mol. The maximum atomic E-state index is 13.5. The smallest absolute Gasteiger partial charge is 0.244 e. The fourth-order valence-corrected chi connectivity index (χ4v) is 6.24. The van der Waals surface area contributed by atoms with E-state index in [4.69, 9.17) is 19.4 Å². The van der Waals surface area contributed by atoms with E-state index in [1.54, 1.807) is 31.4 Å². The first-order chi connectivity index (χ1) is 17.9. The summed E-state index contributed by atoms with van der Waals surface area (Å²) in [7, 11) is -2.33. The van der Waals surface area contributed by atoms with Crippen LogP contribution in [-0.4, -0.2) is 49.4 Å². The summed E-state index contributed by atoms with van der Waals surface area (Å²) < 4.78 is 40.0. The summed E-state index contributed by atoms with van der Waals surface area (Å²) in [6.07, 6.45) is 2.55. The molecule has 10 heteroatoms. The average molecular weight is 520 g/mol. The molecule has 37 heavy (non-hydrogen) atoms. The van der Waals surface area contributed by atoms with Crippen molar-refractivity contribution < 1.29 is 17.9 Å². The van der Waals surface area contributed by atoms with Crippen LogP contribution >= 0.6 is 0 Å². The molecular formula is C27H29N5O4S. The molecule has 3 aromatic rings. The minimum Gasteiger partial charge on any atom is -0.497 e. The Hall–Kier alpha value is -3.68. The SMILES string of the molecule is COc1cccc(Oc2nc(N3CCC(C)CC3)nc3c2CN(S(=O)(=O)c2ccccc2C#N)CC3)c1. The van der Waals surface area contributed by atoms with Crippen molar-refractivity contribution in [2.45, 2.75) is 37.6 Å². The van der Waals surface area contributed by atoms with Crippen LogP contribution in [0.4, 0.5) is 5.95 Å². The molecule has 0 bridgehead atoms. The highest BCUT2D eigenvalue weighted by Crippen LogP contribution is 2.35. The van der Waals surface area contributed by atoms with Crippen LogP contribution in [0.15, 0.2) is 53.4 Å². The molecule has 0 saturated carbocycles. The van der Waals surface area contributed by atoms with Gasteiger partial charge in [-0.3, -0.25) is 0 Å². The van der Waals surface area contributed by atoms with Gasteiger partial charge in [-0.1, -0.05) is 25.1 Å². The highest BCUT2D eigenvalue weighted by atomic mass is 32.2. The third-order valence-electron chi connectivity index (χ3n) is 6.92. The van der Waals surface area contributed by atoms with Crippen molar-refractivity contribution in [1.82, 2.24) is 14.3 Å². The number of sulfonamides is 1. The van der Waals surface area contributed by atoms with Crippen LogP contribution in [0.2, 0.25) is 0 Å². The van der Waals surface area contributed by atoms with Crippen LogP contribution in [0.25, 0.3) is 0 Å². The predicted molar refractivity (Wildman–Crippen MR) is 138 cm³/mol. The lowest BCUT2D eigenvalue weighted by atomic mass is 9.99. The number of benzene rings is 2. The summed E-state index contributed by atoms with van der Waals surface area (Å²) in [6.45, 7) is 4.28. The number of methoxy groups -OCH3 is 1. The van der Waals surface area contributed by atoms with Crippen LogP contribution in [-0.2, 0) is 23.0 Å². The summed E-state index contributed by atoms with van der Waals surface area (Å²) in [5, 5.41) is 9.47. The molecule has 0 atom stereocenters. The molecule has 5 rings (SSSR count). The van der Waals surface area contributed by atoms with Crippen LogP contribution in [0.5, 0.6) is 17.4 Å². The maximum Gasteiger partial charge on any atom is 0.244 e. The Morgan fingerprint density at radius 3 is 2.54 bits per heavy atom. The van der Waals surface area contributed by atoms with Gasteiger partial charge in [-0.2, -0.15) is 14.6 Å². The van der Waals surface area contributed by atoms with Gasteiger partial charge in [-0.05, 0) is 43.0 Å². The van der Waals surface area contributed by atoms with E-state index >= 15 is 0 Å². The second kappa shape index (κ2) is 10.4. The molecule has 2 aliphatic rings. The normalized spacial score (nSPS) is 16.6. The number of hydrogen-bond donors (Lipinski definition) is 0. The third-order valence-corrected chi connectivity index (χ3v) is 8.83. The van der Waals surface area contributed by atoms with Gasteiger partial charge in [0.05, 0.1) is 28.8 Å². The van der Waals surface area contributed by atoms with E-state index in [0.717, 1.165) is 31.6 Å². The lowest BCUT2D eigenvalue weighted by molar-refractivity contribution is 0.366. The number of nitriles is 1. The van der Waals surface area contributed by atoms with Crippen LogP contribution < -0.4 is 14.4 Å². The van der Waals surface area contributed by atoms with E-state index in [0.29, 0.717) is 41.2 Å². The summed E-state index contributed by atoms with van der Waals surface area (Å²) in [5.41, 5.74) is 1.52. The fraction of sp³-hybridized carbons (Fsp3) is 0.370. The van der Waals surface area contributed by atoms with Crippen molar-refractivity contribution >= 4 is 16.0 Å². The molecular weight excluding hydrogens is 490 g/mol. The number of nitrogens with zero attached hydrogens (tertiary/aromatic N) is 5. The first-order valence-corrected chi connectivity index (χ1v) is 13.8. The van der Waals surface area contributed by atoms with Crippen molar-refractivity contribution in [1.29, 1.82) is 5.26 Å². The summed E-state index contributed by atoms with van der Waals surface area (Å²) in [5.74, 6) is 2.78. The van der Waals surface area contributed by atoms with E-state index in [2.05, 4.69) is 11.8 Å². The van der Waals surface area contributed by atoms with Gasteiger partial charge in [0.15, 0.2) is 0 Å². The first-order valence-electron chi connectivity index (χ1n) is 12.3. The van der Waals surface area contributed by atoms with Crippen LogP contribution in [0, 0.1) is 17.2 Å². The van der Waals surface area contributed by atoms with Gasteiger partial charge in [0.25, 0.3) is 0 Å². The highest BCUT2D eigenvalue weighted by Gasteiger charge is 2.34. The topological polar surface area (TPSA) is 109 Å². The Labute approximate surface area is 217 Å². The van der Waals surface area contributed by atoms with E-state index in [1.165, 1.54) is 16.4 Å². The lowest BCUT2D eigenvalue weighted by Gasteiger charge is -2.33. The molecule has 0 N–H and O–H groups in total. The van der Waals surface area contributed by atoms with Crippen molar-refractivity contribution in [3.05, 3.63) is 65.4 Å². The number of piperidine rings is 1. The quantitative estimate of drug-likeness (QED) is 0.478. The number of hydrogen-bond acceptors (Lipinski definition) is 8. The van der Waals surface area contributed by atoms with E-state index in [-0.39, 0.29) is 23.5 Å². The Kier molecular flexibility index (Phi) is 7.00. The number of ether oxygens (including phenoxy) is 2. The Morgan fingerprint density at radius 2 is 1.78 bits per heavy atom. The maximum absolute atomic E-state index is 13.5. The molecule has 9 nitrogen and oxygen atoms in total. The lowest BCUT2D eigenvalue weighted by Crippen LogP contribution is -2.38. The molecule has 1 saturated heterocycles. The van der Waals surface area contributed by atoms with E-state index in [1.807, 2.05) is 18.2 Å². The standard InChI is InChI=1S/C27H29N5O4S/c1-19-10-13-31(14-11-19)27-29-24-12-15-32(37(33,34)25-9-4-3-6-20(25)17-28)18-23(24)26(30-27)36-22-8-5-7-21(16-22)35-2/h3-9,16,19H,10-15,18H2,1-2H3.